The molecule has 2 aromatic rings. The van der Waals surface area contributed by atoms with E-state index < -0.39 is 0 Å². The van der Waals surface area contributed by atoms with E-state index in [4.69, 9.17) is 4.74 Å². The van der Waals surface area contributed by atoms with Crippen LogP contribution in [0.3, 0.4) is 0 Å². The molecule has 35 heavy (non-hydrogen) atoms. The van der Waals surface area contributed by atoms with Crippen molar-refractivity contribution in [2.24, 2.45) is 11.8 Å². The number of hydrogen-bond acceptors (Lipinski definition) is 5. The number of anilines is 1. The van der Waals surface area contributed by atoms with Gasteiger partial charge in [0, 0.05) is 64.0 Å². The van der Waals surface area contributed by atoms with Gasteiger partial charge in [-0.3, -0.25) is 9.59 Å². The molecule has 0 unspecified atom stereocenters. The van der Waals surface area contributed by atoms with Gasteiger partial charge in [-0.15, -0.1) is 0 Å². The first-order chi connectivity index (χ1) is 16.9. The molecule has 3 heterocycles. The maximum absolute atomic E-state index is 13.6. The molecule has 3 aliphatic rings. The van der Waals surface area contributed by atoms with Crippen molar-refractivity contribution in [3.8, 4) is 11.1 Å². The standard InChI is InChI=1S/C28H35N3O4/c1-29(2)27(33)19-6-4-18(5-7-19)21-8-9-24-23(16-21)26-22(25(17-32)30(24)3)10-13-31(26)28(34)20-11-14-35-15-12-20/h4-9,16,20,22,25-26,32H,10-15,17H2,1-3H3/t22-,25-,26-/m0/s1. The number of fused-ring (bicyclic) bond motifs is 3. The highest BCUT2D eigenvalue weighted by Crippen LogP contribution is 2.50. The zero-order valence-corrected chi connectivity index (χ0v) is 20.8. The predicted molar refractivity (Wildman–Crippen MR) is 135 cm³/mol. The fourth-order valence-electron chi connectivity index (χ4n) is 6.12. The molecular formula is C28H35N3O4. The zero-order valence-electron chi connectivity index (χ0n) is 20.8. The first-order valence-electron chi connectivity index (χ1n) is 12.6. The van der Waals surface area contributed by atoms with Gasteiger partial charge in [-0.2, -0.15) is 0 Å². The quantitative estimate of drug-likeness (QED) is 0.732. The van der Waals surface area contributed by atoms with Crippen molar-refractivity contribution in [3.05, 3.63) is 53.6 Å². The van der Waals surface area contributed by atoms with Gasteiger partial charge in [-0.25, -0.2) is 0 Å². The third-order valence-corrected chi connectivity index (χ3v) is 8.07. The number of carbonyl (C=O) groups is 2. The molecule has 7 nitrogen and oxygen atoms in total. The van der Waals surface area contributed by atoms with Crippen LogP contribution in [-0.4, -0.2) is 80.3 Å². The molecule has 0 aliphatic carbocycles. The molecule has 7 heteroatoms. The van der Waals surface area contributed by atoms with Gasteiger partial charge in [-0.1, -0.05) is 18.2 Å². The fourth-order valence-corrected chi connectivity index (χ4v) is 6.12. The monoisotopic (exact) mass is 477 g/mol. The highest BCUT2D eigenvalue weighted by atomic mass is 16.5. The lowest BCUT2D eigenvalue weighted by atomic mass is 9.80. The van der Waals surface area contributed by atoms with Crippen LogP contribution in [0.1, 0.15) is 41.2 Å². The molecule has 0 bridgehead atoms. The minimum absolute atomic E-state index is 0.0119. The Labute approximate surface area is 207 Å². The summed E-state index contributed by atoms with van der Waals surface area (Å²) in [7, 11) is 5.54. The maximum Gasteiger partial charge on any atom is 0.253 e. The average molecular weight is 478 g/mol. The van der Waals surface area contributed by atoms with Crippen LogP contribution in [0.25, 0.3) is 11.1 Å². The molecule has 2 fully saturated rings. The highest BCUT2D eigenvalue weighted by Gasteiger charge is 2.48. The van der Waals surface area contributed by atoms with Gasteiger partial charge < -0.3 is 24.5 Å². The largest absolute Gasteiger partial charge is 0.394 e. The van der Waals surface area contributed by atoms with Gasteiger partial charge in [0.2, 0.25) is 5.91 Å². The first kappa shape index (κ1) is 23.8. The Morgan fingerprint density at radius 3 is 2.37 bits per heavy atom. The molecule has 0 saturated carbocycles. The van der Waals surface area contributed by atoms with Crippen molar-refractivity contribution < 1.29 is 19.4 Å². The molecule has 2 amide bonds. The van der Waals surface area contributed by atoms with Gasteiger partial charge in [0.15, 0.2) is 0 Å². The molecule has 186 valence electrons. The molecule has 5 rings (SSSR count). The van der Waals surface area contributed by atoms with Crippen molar-refractivity contribution in [2.45, 2.75) is 31.3 Å². The van der Waals surface area contributed by atoms with Gasteiger partial charge in [-0.05, 0) is 60.2 Å². The van der Waals surface area contributed by atoms with Gasteiger partial charge in [0.1, 0.15) is 0 Å². The van der Waals surface area contributed by atoms with Crippen molar-refractivity contribution in [1.82, 2.24) is 9.80 Å². The Bertz CT molecular complexity index is 1090. The van der Waals surface area contributed by atoms with Crippen LogP contribution in [-0.2, 0) is 9.53 Å². The number of aliphatic hydroxyl groups is 1. The Hall–Kier alpha value is -2.90. The van der Waals surface area contributed by atoms with E-state index in [0.717, 1.165) is 48.2 Å². The average Bonchev–Trinajstić information content (AvgIpc) is 3.33. The second-order valence-electron chi connectivity index (χ2n) is 10.2. The molecule has 2 saturated heterocycles. The van der Waals surface area contributed by atoms with E-state index in [9.17, 15) is 14.7 Å². The number of benzene rings is 2. The normalized spacial score (nSPS) is 24.2. The summed E-state index contributed by atoms with van der Waals surface area (Å²) in [5.74, 6) is 0.416. The highest BCUT2D eigenvalue weighted by molar-refractivity contribution is 5.94. The lowest BCUT2D eigenvalue weighted by molar-refractivity contribution is -0.140. The summed E-state index contributed by atoms with van der Waals surface area (Å²) in [5.41, 5.74) is 4.97. The summed E-state index contributed by atoms with van der Waals surface area (Å²) in [4.78, 5) is 31.7. The van der Waals surface area contributed by atoms with Crippen LogP contribution in [0, 0.1) is 11.8 Å². The van der Waals surface area contributed by atoms with Crippen LogP contribution in [0.2, 0.25) is 0 Å². The van der Waals surface area contributed by atoms with Crippen molar-refractivity contribution in [1.29, 1.82) is 0 Å². The second kappa shape index (κ2) is 9.63. The molecule has 3 atom stereocenters. The Morgan fingerprint density at radius 1 is 1.03 bits per heavy atom. The molecular weight excluding hydrogens is 442 g/mol. The molecule has 1 N–H and O–H groups in total. The van der Waals surface area contributed by atoms with Crippen LogP contribution in [0.4, 0.5) is 5.69 Å². The van der Waals surface area contributed by atoms with Gasteiger partial charge >= 0.3 is 0 Å². The number of rotatable bonds is 4. The summed E-state index contributed by atoms with van der Waals surface area (Å²) >= 11 is 0. The second-order valence-corrected chi connectivity index (χ2v) is 10.2. The molecule has 2 aromatic carbocycles. The van der Waals surface area contributed by atoms with Crippen molar-refractivity contribution in [3.63, 3.8) is 0 Å². The Kier molecular flexibility index (Phi) is 6.55. The number of likely N-dealkylation sites (tertiary alicyclic amines) is 1. The summed E-state index contributed by atoms with van der Waals surface area (Å²) in [5, 5.41) is 10.3. The number of amides is 2. The topological polar surface area (TPSA) is 73.3 Å². The minimum Gasteiger partial charge on any atom is -0.394 e. The lowest BCUT2D eigenvalue weighted by Crippen LogP contribution is -2.49. The van der Waals surface area contributed by atoms with Crippen molar-refractivity contribution >= 4 is 17.5 Å². The molecule has 0 spiro atoms. The number of carbonyl (C=O) groups excluding carboxylic acids is 2. The number of hydrogen-bond donors (Lipinski definition) is 1. The smallest absolute Gasteiger partial charge is 0.253 e. The number of likely N-dealkylation sites (N-methyl/N-ethyl adjacent to an activating group) is 1. The Balaban J connectivity index is 1.51. The Morgan fingerprint density at radius 2 is 1.71 bits per heavy atom. The van der Waals surface area contributed by atoms with Crippen LogP contribution >= 0.6 is 0 Å². The number of aliphatic hydroxyl groups excluding tert-OH is 1. The first-order valence-corrected chi connectivity index (χ1v) is 12.6. The SMILES string of the molecule is CN(C)C(=O)c1ccc(-c2ccc3c(c2)[C@@H]2[C@@H](CCN2C(=O)C2CCOCC2)[C@H](CO)N3C)cc1. The van der Waals surface area contributed by atoms with E-state index in [0.29, 0.717) is 18.8 Å². The van der Waals surface area contributed by atoms with Gasteiger partial charge in [0.25, 0.3) is 5.91 Å². The van der Waals surface area contributed by atoms with E-state index in [1.54, 1.807) is 19.0 Å². The predicted octanol–water partition coefficient (Wildman–Crippen LogP) is 3.18. The van der Waals surface area contributed by atoms with E-state index in [1.165, 1.54) is 0 Å². The van der Waals surface area contributed by atoms with Crippen LogP contribution in [0.5, 0.6) is 0 Å². The van der Waals surface area contributed by atoms with E-state index in [2.05, 4.69) is 28.0 Å². The third-order valence-electron chi connectivity index (χ3n) is 8.07. The number of ether oxygens (including phenoxy) is 1. The van der Waals surface area contributed by atoms with E-state index >= 15 is 0 Å². The lowest BCUT2D eigenvalue weighted by Gasteiger charge is -2.45. The van der Waals surface area contributed by atoms with Gasteiger partial charge in [0.05, 0.1) is 18.7 Å². The third kappa shape index (κ3) is 4.21. The molecule has 3 aliphatic heterocycles. The van der Waals surface area contributed by atoms with Crippen LogP contribution < -0.4 is 4.90 Å². The molecule has 0 aromatic heterocycles. The molecule has 0 radical (unpaired) electrons. The fraction of sp³-hybridized carbons (Fsp3) is 0.500. The van der Waals surface area contributed by atoms with Crippen LogP contribution in [0.15, 0.2) is 42.5 Å². The summed E-state index contributed by atoms with van der Waals surface area (Å²) in [6.07, 6.45) is 2.45. The van der Waals surface area contributed by atoms with Crippen molar-refractivity contribution in [2.75, 3.05) is 52.4 Å². The maximum atomic E-state index is 13.6. The van der Waals surface area contributed by atoms with E-state index in [1.807, 2.05) is 31.3 Å². The minimum atomic E-state index is -0.0387. The summed E-state index contributed by atoms with van der Waals surface area (Å²) in [6.45, 7) is 2.08. The van der Waals surface area contributed by atoms with E-state index in [-0.39, 0.29) is 42.3 Å². The zero-order chi connectivity index (χ0) is 24.7. The summed E-state index contributed by atoms with van der Waals surface area (Å²) < 4.78 is 5.49. The summed E-state index contributed by atoms with van der Waals surface area (Å²) in [6, 6.07) is 14.1. The number of nitrogens with zero attached hydrogens (tertiary/aromatic N) is 3.